The van der Waals surface area contributed by atoms with Crippen molar-refractivity contribution in [3.63, 3.8) is 0 Å². The van der Waals surface area contributed by atoms with E-state index in [1.807, 2.05) is 6.92 Å². The van der Waals surface area contributed by atoms with E-state index >= 15 is 0 Å². The van der Waals surface area contributed by atoms with Crippen molar-refractivity contribution >= 4 is 15.9 Å². The fraction of sp³-hybridized carbons (Fsp3) is 0.600. The molecule has 0 aromatic carbocycles. The first kappa shape index (κ1) is 10.8. The van der Waals surface area contributed by atoms with E-state index in [9.17, 15) is 0 Å². The lowest BCUT2D eigenvalue weighted by atomic mass is 10.00. The molecule has 74 valence electrons. The Morgan fingerprint density at radius 2 is 2.46 bits per heavy atom. The minimum absolute atomic E-state index is 0.135. The first-order chi connectivity index (χ1) is 6.15. The fourth-order valence-corrected chi connectivity index (χ4v) is 1.71. The van der Waals surface area contributed by atoms with E-state index in [4.69, 9.17) is 10.5 Å². The standard InChI is InChI=1S/C10H16BrNO/c1-3-10-8(6-7(2)11)9(12)4-5-13-10/h6,9H,3-5,12H2,1-2H3/b7-6+. The molecule has 2 N–H and O–H groups in total. The topological polar surface area (TPSA) is 35.2 Å². The number of rotatable bonds is 2. The molecule has 0 aromatic heterocycles. The third-order valence-corrected chi connectivity index (χ3v) is 2.33. The zero-order valence-electron chi connectivity index (χ0n) is 8.14. The molecular weight excluding hydrogens is 230 g/mol. The first-order valence-corrected chi connectivity index (χ1v) is 5.39. The Kier molecular flexibility index (Phi) is 4.00. The maximum absolute atomic E-state index is 5.99. The van der Waals surface area contributed by atoms with Gasteiger partial charge in [-0.2, -0.15) is 0 Å². The molecule has 3 heteroatoms. The van der Waals surface area contributed by atoms with Gasteiger partial charge in [0.05, 0.1) is 6.61 Å². The van der Waals surface area contributed by atoms with Gasteiger partial charge in [0.2, 0.25) is 0 Å². The molecule has 0 aromatic rings. The van der Waals surface area contributed by atoms with Crippen molar-refractivity contribution in [1.29, 1.82) is 0 Å². The lowest BCUT2D eigenvalue weighted by Crippen LogP contribution is -2.29. The second kappa shape index (κ2) is 4.82. The molecule has 1 unspecified atom stereocenters. The van der Waals surface area contributed by atoms with Crippen LogP contribution in [0.1, 0.15) is 26.7 Å². The van der Waals surface area contributed by atoms with Crippen molar-refractivity contribution in [3.8, 4) is 0 Å². The minimum atomic E-state index is 0.135. The van der Waals surface area contributed by atoms with Crippen LogP contribution in [0.25, 0.3) is 0 Å². The first-order valence-electron chi connectivity index (χ1n) is 4.60. The molecule has 2 nitrogen and oxygen atoms in total. The predicted molar refractivity (Wildman–Crippen MR) is 58.5 cm³/mol. The molecule has 1 rings (SSSR count). The highest BCUT2D eigenvalue weighted by molar-refractivity contribution is 9.11. The van der Waals surface area contributed by atoms with Crippen molar-refractivity contribution < 1.29 is 4.74 Å². The Labute approximate surface area is 88.0 Å². The highest BCUT2D eigenvalue weighted by Crippen LogP contribution is 2.23. The Morgan fingerprint density at radius 1 is 1.77 bits per heavy atom. The summed E-state index contributed by atoms with van der Waals surface area (Å²) in [6, 6.07) is 0.135. The third kappa shape index (κ3) is 2.85. The number of hydrogen-bond donors (Lipinski definition) is 1. The van der Waals surface area contributed by atoms with Gasteiger partial charge in [0, 0.05) is 24.5 Å². The highest BCUT2D eigenvalue weighted by atomic mass is 79.9. The van der Waals surface area contributed by atoms with Gasteiger partial charge >= 0.3 is 0 Å². The molecule has 1 aliphatic rings. The van der Waals surface area contributed by atoms with Gasteiger partial charge < -0.3 is 10.5 Å². The van der Waals surface area contributed by atoms with Crippen molar-refractivity contribution in [2.45, 2.75) is 32.7 Å². The summed E-state index contributed by atoms with van der Waals surface area (Å²) in [5, 5.41) is 0. The number of nitrogens with two attached hydrogens (primary N) is 1. The minimum Gasteiger partial charge on any atom is -0.498 e. The van der Waals surface area contributed by atoms with Crippen LogP contribution < -0.4 is 5.73 Å². The third-order valence-electron chi connectivity index (χ3n) is 2.10. The summed E-state index contributed by atoms with van der Waals surface area (Å²) in [4.78, 5) is 0. The van der Waals surface area contributed by atoms with E-state index in [0.29, 0.717) is 0 Å². The quantitative estimate of drug-likeness (QED) is 0.813. The van der Waals surface area contributed by atoms with Crippen molar-refractivity contribution in [2.75, 3.05) is 6.61 Å². The number of halogens is 1. The van der Waals surface area contributed by atoms with Crippen LogP contribution in [0.15, 0.2) is 21.9 Å². The maximum atomic E-state index is 5.99. The molecule has 0 spiro atoms. The number of hydrogen-bond acceptors (Lipinski definition) is 2. The van der Waals surface area contributed by atoms with Crippen LogP contribution in [0.5, 0.6) is 0 Å². The monoisotopic (exact) mass is 245 g/mol. The van der Waals surface area contributed by atoms with E-state index in [2.05, 4.69) is 28.9 Å². The smallest absolute Gasteiger partial charge is 0.100 e. The van der Waals surface area contributed by atoms with Gasteiger partial charge in [-0.15, -0.1) is 0 Å². The summed E-state index contributed by atoms with van der Waals surface area (Å²) < 4.78 is 6.64. The molecule has 0 saturated carbocycles. The van der Waals surface area contributed by atoms with Crippen LogP contribution in [0.4, 0.5) is 0 Å². The average Bonchev–Trinajstić information content (AvgIpc) is 2.08. The summed E-state index contributed by atoms with van der Waals surface area (Å²) in [6.07, 6.45) is 3.89. The van der Waals surface area contributed by atoms with Crippen LogP contribution >= 0.6 is 15.9 Å². The summed E-state index contributed by atoms with van der Waals surface area (Å²) in [7, 11) is 0. The van der Waals surface area contributed by atoms with Crippen molar-refractivity contribution in [2.24, 2.45) is 5.73 Å². The molecule has 1 aliphatic heterocycles. The summed E-state index contributed by atoms with van der Waals surface area (Å²) >= 11 is 3.41. The molecule has 1 atom stereocenters. The van der Waals surface area contributed by atoms with E-state index < -0.39 is 0 Å². The van der Waals surface area contributed by atoms with Crippen LogP contribution in [-0.2, 0) is 4.74 Å². The summed E-state index contributed by atoms with van der Waals surface area (Å²) in [5.74, 6) is 1.04. The highest BCUT2D eigenvalue weighted by Gasteiger charge is 2.18. The molecule has 0 amide bonds. The molecule has 0 radical (unpaired) electrons. The Balaban J connectivity index is 2.94. The zero-order chi connectivity index (χ0) is 9.84. The fourth-order valence-electron chi connectivity index (χ4n) is 1.46. The lowest BCUT2D eigenvalue weighted by Gasteiger charge is -2.24. The van der Waals surface area contributed by atoms with Crippen molar-refractivity contribution in [1.82, 2.24) is 0 Å². The Hall–Kier alpha value is -0.280. The molecule has 0 aliphatic carbocycles. The van der Waals surface area contributed by atoms with Gasteiger partial charge in [-0.3, -0.25) is 0 Å². The average molecular weight is 246 g/mol. The maximum Gasteiger partial charge on any atom is 0.100 e. The number of ether oxygens (including phenoxy) is 1. The lowest BCUT2D eigenvalue weighted by molar-refractivity contribution is 0.175. The molecule has 0 bridgehead atoms. The van der Waals surface area contributed by atoms with Gasteiger partial charge in [-0.1, -0.05) is 22.9 Å². The van der Waals surface area contributed by atoms with E-state index in [1.165, 1.54) is 0 Å². The van der Waals surface area contributed by atoms with Crippen LogP contribution in [-0.4, -0.2) is 12.6 Å². The Morgan fingerprint density at radius 3 is 3.00 bits per heavy atom. The van der Waals surface area contributed by atoms with Gasteiger partial charge in [-0.25, -0.2) is 0 Å². The van der Waals surface area contributed by atoms with Crippen LogP contribution in [0, 0.1) is 0 Å². The molecule has 0 fully saturated rings. The van der Waals surface area contributed by atoms with Gasteiger partial charge in [0.25, 0.3) is 0 Å². The predicted octanol–water partition coefficient (Wildman–Crippen LogP) is 2.70. The van der Waals surface area contributed by atoms with Gasteiger partial charge in [0.1, 0.15) is 5.76 Å². The number of allylic oxidation sites excluding steroid dienone is 2. The van der Waals surface area contributed by atoms with Gasteiger partial charge in [0.15, 0.2) is 0 Å². The zero-order valence-corrected chi connectivity index (χ0v) is 9.73. The SMILES string of the molecule is CCC1=C(/C=C(\C)Br)C(N)CCO1. The van der Waals surface area contributed by atoms with E-state index in [0.717, 1.165) is 35.3 Å². The van der Waals surface area contributed by atoms with Gasteiger partial charge in [-0.05, 0) is 17.5 Å². The molecule has 13 heavy (non-hydrogen) atoms. The van der Waals surface area contributed by atoms with E-state index in [1.54, 1.807) is 0 Å². The largest absolute Gasteiger partial charge is 0.498 e. The second-order valence-corrected chi connectivity index (χ2v) is 4.46. The molecular formula is C10H16BrNO. The summed E-state index contributed by atoms with van der Waals surface area (Å²) in [6.45, 7) is 4.84. The van der Waals surface area contributed by atoms with Crippen molar-refractivity contribution in [3.05, 3.63) is 21.9 Å². The Bertz CT molecular complexity index is 241. The van der Waals surface area contributed by atoms with E-state index in [-0.39, 0.29) is 6.04 Å². The van der Waals surface area contributed by atoms with Crippen LogP contribution in [0.2, 0.25) is 0 Å². The summed E-state index contributed by atoms with van der Waals surface area (Å²) in [5.41, 5.74) is 7.13. The molecule has 1 heterocycles. The molecule has 0 saturated heterocycles. The van der Waals surface area contributed by atoms with Crippen LogP contribution in [0.3, 0.4) is 0 Å². The normalized spacial score (nSPS) is 24.6. The second-order valence-electron chi connectivity index (χ2n) is 3.21.